The minimum Gasteiger partial charge on any atom is -0.314 e. The third kappa shape index (κ3) is 2.13. The van der Waals surface area contributed by atoms with E-state index in [9.17, 15) is 4.39 Å². The summed E-state index contributed by atoms with van der Waals surface area (Å²) in [7, 11) is 0. The molecule has 0 amide bonds. The molecular weight excluding hydrogens is 247 g/mol. The second-order valence-electron chi connectivity index (χ2n) is 3.38. The molecule has 0 saturated carbocycles. The highest BCUT2D eigenvalue weighted by atomic mass is 79.9. The molecule has 1 aromatic carbocycles. The molecule has 2 N–H and O–H groups in total. The number of benzene rings is 1. The lowest BCUT2D eigenvalue weighted by molar-refractivity contribution is 0.428. The van der Waals surface area contributed by atoms with Crippen LogP contribution in [0.3, 0.4) is 0 Å². The van der Waals surface area contributed by atoms with E-state index in [1.54, 1.807) is 12.1 Å². The van der Waals surface area contributed by atoms with Crippen molar-refractivity contribution < 1.29 is 4.39 Å². The molecule has 4 heteroatoms. The maximum atomic E-state index is 13.2. The average Bonchev–Trinajstić information content (AvgIpc) is 2.23. The van der Waals surface area contributed by atoms with Gasteiger partial charge in [-0.05, 0) is 33.6 Å². The maximum Gasteiger partial charge on any atom is 0.137 e. The molecule has 0 bridgehead atoms. The molecule has 1 saturated heterocycles. The van der Waals surface area contributed by atoms with Crippen molar-refractivity contribution in [1.29, 1.82) is 0 Å². The lowest BCUT2D eigenvalue weighted by Gasteiger charge is -2.24. The van der Waals surface area contributed by atoms with E-state index in [1.807, 2.05) is 6.07 Å². The molecule has 76 valence electrons. The lowest BCUT2D eigenvalue weighted by Crippen LogP contribution is -2.42. The maximum absolute atomic E-state index is 13.2. The molecule has 0 spiro atoms. The lowest BCUT2D eigenvalue weighted by atomic mass is 10.1. The van der Waals surface area contributed by atoms with Crippen molar-refractivity contribution >= 4 is 15.9 Å². The van der Waals surface area contributed by atoms with Crippen molar-refractivity contribution in [2.24, 2.45) is 0 Å². The first-order valence-electron chi connectivity index (χ1n) is 4.66. The van der Waals surface area contributed by atoms with Gasteiger partial charge in [0.1, 0.15) is 5.82 Å². The van der Waals surface area contributed by atoms with Gasteiger partial charge in [-0.1, -0.05) is 6.07 Å². The van der Waals surface area contributed by atoms with E-state index in [1.165, 1.54) is 0 Å². The van der Waals surface area contributed by atoms with Gasteiger partial charge in [-0.2, -0.15) is 0 Å². The smallest absolute Gasteiger partial charge is 0.137 e. The Morgan fingerprint density at radius 2 is 2.21 bits per heavy atom. The van der Waals surface area contributed by atoms with Gasteiger partial charge in [-0.25, -0.2) is 4.39 Å². The molecule has 1 atom stereocenters. The van der Waals surface area contributed by atoms with Crippen molar-refractivity contribution in [3.63, 3.8) is 0 Å². The zero-order valence-corrected chi connectivity index (χ0v) is 9.27. The number of hydrogen-bond acceptors (Lipinski definition) is 2. The monoisotopic (exact) mass is 258 g/mol. The first-order chi connectivity index (χ1) is 6.77. The third-order valence-corrected chi connectivity index (χ3v) is 3.03. The largest absolute Gasteiger partial charge is 0.314 e. The first kappa shape index (κ1) is 10.1. The summed E-state index contributed by atoms with van der Waals surface area (Å²) in [5.74, 6) is -0.199. The second kappa shape index (κ2) is 4.38. The summed E-state index contributed by atoms with van der Waals surface area (Å²) in [5, 5.41) is 6.61. The second-order valence-corrected chi connectivity index (χ2v) is 4.24. The SMILES string of the molecule is Fc1cc(C2CNCCN2)ccc1Br. The van der Waals surface area contributed by atoms with Crippen molar-refractivity contribution in [3.05, 3.63) is 34.1 Å². The van der Waals surface area contributed by atoms with Crippen LogP contribution in [0.4, 0.5) is 4.39 Å². The van der Waals surface area contributed by atoms with Gasteiger partial charge in [0.25, 0.3) is 0 Å². The van der Waals surface area contributed by atoms with Crippen LogP contribution in [0.1, 0.15) is 11.6 Å². The Bertz CT molecular complexity index is 324. The summed E-state index contributed by atoms with van der Waals surface area (Å²) in [6, 6.07) is 5.50. The third-order valence-electron chi connectivity index (χ3n) is 2.39. The predicted molar refractivity (Wildman–Crippen MR) is 57.7 cm³/mol. The molecular formula is C10H12BrFN2. The van der Waals surface area contributed by atoms with E-state index in [2.05, 4.69) is 26.6 Å². The van der Waals surface area contributed by atoms with Crippen LogP contribution in [-0.4, -0.2) is 19.6 Å². The summed E-state index contributed by atoms with van der Waals surface area (Å²) >= 11 is 3.14. The van der Waals surface area contributed by atoms with Gasteiger partial charge in [0.05, 0.1) is 4.47 Å². The van der Waals surface area contributed by atoms with Gasteiger partial charge in [-0.3, -0.25) is 0 Å². The molecule has 2 nitrogen and oxygen atoms in total. The minimum absolute atomic E-state index is 0.199. The molecule has 0 radical (unpaired) electrons. The highest BCUT2D eigenvalue weighted by Gasteiger charge is 2.14. The average molecular weight is 259 g/mol. The Morgan fingerprint density at radius 1 is 1.36 bits per heavy atom. The molecule has 1 aliphatic rings. The Balaban J connectivity index is 2.18. The van der Waals surface area contributed by atoms with Crippen LogP contribution in [0.15, 0.2) is 22.7 Å². The van der Waals surface area contributed by atoms with Crippen LogP contribution in [0.25, 0.3) is 0 Å². The van der Waals surface area contributed by atoms with Gasteiger partial charge < -0.3 is 10.6 Å². The number of halogens is 2. The molecule has 2 rings (SSSR count). The predicted octanol–water partition coefficient (Wildman–Crippen LogP) is 1.82. The Labute approximate surface area is 91.0 Å². The Kier molecular flexibility index (Phi) is 3.15. The van der Waals surface area contributed by atoms with Crippen LogP contribution >= 0.6 is 15.9 Å². The fourth-order valence-corrected chi connectivity index (χ4v) is 1.86. The quantitative estimate of drug-likeness (QED) is 0.803. The number of nitrogens with one attached hydrogen (secondary N) is 2. The van der Waals surface area contributed by atoms with Crippen molar-refractivity contribution in [1.82, 2.24) is 10.6 Å². The van der Waals surface area contributed by atoms with Gasteiger partial charge in [-0.15, -0.1) is 0 Å². The molecule has 1 fully saturated rings. The molecule has 1 aromatic rings. The van der Waals surface area contributed by atoms with Gasteiger partial charge in [0, 0.05) is 25.7 Å². The molecule has 0 aromatic heterocycles. The highest BCUT2D eigenvalue weighted by molar-refractivity contribution is 9.10. The summed E-state index contributed by atoms with van der Waals surface area (Å²) < 4.78 is 13.8. The zero-order chi connectivity index (χ0) is 9.97. The molecule has 14 heavy (non-hydrogen) atoms. The normalized spacial score (nSPS) is 22.3. The van der Waals surface area contributed by atoms with Crippen LogP contribution in [0.5, 0.6) is 0 Å². The summed E-state index contributed by atoms with van der Waals surface area (Å²) in [6.45, 7) is 2.78. The highest BCUT2D eigenvalue weighted by Crippen LogP contribution is 2.20. The summed E-state index contributed by atoms with van der Waals surface area (Å²) in [4.78, 5) is 0. The zero-order valence-electron chi connectivity index (χ0n) is 7.69. The van der Waals surface area contributed by atoms with Gasteiger partial charge in [0.2, 0.25) is 0 Å². The molecule has 1 heterocycles. The first-order valence-corrected chi connectivity index (χ1v) is 5.46. The van der Waals surface area contributed by atoms with E-state index >= 15 is 0 Å². The van der Waals surface area contributed by atoms with Crippen LogP contribution in [0.2, 0.25) is 0 Å². The van der Waals surface area contributed by atoms with Crippen LogP contribution < -0.4 is 10.6 Å². The number of rotatable bonds is 1. The van der Waals surface area contributed by atoms with E-state index in [4.69, 9.17) is 0 Å². The fourth-order valence-electron chi connectivity index (χ4n) is 1.62. The van der Waals surface area contributed by atoms with Crippen LogP contribution in [-0.2, 0) is 0 Å². The van der Waals surface area contributed by atoms with E-state index in [0.717, 1.165) is 25.2 Å². The minimum atomic E-state index is -0.199. The van der Waals surface area contributed by atoms with E-state index < -0.39 is 0 Å². The Morgan fingerprint density at radius 3 is 2.86 bits per heavy atom. The van der Waals surface area contributed by atoms with Crippen molar-refractivity contribution in [2.45, 2.75) is 6.04 Å². The summed E-state index contributed by atoms with van der Waals surface area (Å²) in [5.41, 5.74) is 0.998. The van der Waals surface area contributed by atoms with Crippen molar-refractivity contribution in [2.75, 3.05) is 19.6 Å². The van der Waals surface area contributed by atoms with E-state index in [0.29, 0.717) is 4.47 Å². The van der Waals surface area contributed by atoms with Gasteiger partial charge in [0.15, 0.2) is 0 Å². The van der Waals surface area contributed by atoms with Crippen molar-refractivity contribution in [3.8, 4) is 0 Å². The molecule has 1 unspecified atom stereocenters. The summed E-state index contributed by atoms with van der Waals surface area (Å²) in [6.07, 6.45) is 0. The fraction of sp³-hybridized carbons (Fsp3) is 0.400. The number of piperazine rings is 1. The molecule has 1 aliphatic heterocycles. The molecule has 0 aliphatic carbocycles. The van der Waals surface area contributed by atoms with Gasteiger partial charge >= 0.3 is 0 Å². The standard InChI is InChI=1S/C10H12BrFN2/c11-8-2-1-7(5-9(8)12)10-6-13-3-4-14-10/h1-2,5,10,13-14H,3-4,6H2. The van der Waals surface area contributed by atoms with Crippen LogP contribution in [0, 0.1) is 5.82 Å². The Hall–Kier alpha value is -0.450. The van der Waals surface area contributed by atoms with E-state index in [-0.39, 0.29) is 11.9 Å². The topological polar surface area (TPSA) is 24.1 Å². The number of hydrogen-bond donors (Lipinski definition) is 2.